The second-order valence-corrected chi connectivity index (χ2v) is 9.42. The molecular weight excluding hydrogens is 484 g/mol. The number of benzene rings is 3. The first kappa shape index (κ1) is 23.2. The predicted molar refractivity (Wildman–Crippen MR) is 140 cm³/mol. The molecule has 2 heterocycles. The largest absolute Gasteiger partial charge is 0.493 e. The molecule has 6 nitrogen and oxygen atoms in total. The molecule has 35 heavy (non-hydrogen) atoms. The molecule has 178 valence electrons. The van der Waals surface area contributed by atoms with Crippen LogP contribution in [0.15, 0.2) is 65.5 Å². The van der Waals surface area contributed by atoms with Crippen molar-refractivity contribution in [2.45, 2.75) is 13.3 Å². The average Bonchev–Trinajstić information content (AvgIpc) is 3.37. The van der Waals surface area contributed by atoms with E-state index in [0.29, 0.717) is 40.6 Å². The predicted octanol–water partition coefficient (Wildman–Crippen LogP) is 5.28. The number of imidazole rings is 1. The summed E-state index contributed by atoms with van der Waals surface area (Å²) in [4.78, 5) is 18.2. The SMILES string of the molecule is COc1cc(C=c2sc3nc4ccccc4n3c2=O)ccc1OCCCOc1ccc(Cl)c(C)c1. The second kappa shape index (κ2) is 9.98. The number of hydrogen-bond donors (Lipinski definition) is 0. The molecule has 0 aliphatic heterocycles. The summed E-state index contributed by atoms with van der Waals surface area (Å²) in [7, 11) is 1.60. The fourth-order valence-corrected chi connectivity index (χ4v) is 4.90. The number of aromatic nitrogens is 2. The Kier molecular flexibility index (Phi) is 6.61. The molecule has 0 aliphatic carbocycles. The lowest BCUT2D eigenvalue weighted by atomic mass is 10.2. The molecule has 0 radical (unpaired) electrons. The van der Waals surface area contributed by atoms with Crippen molar-refractivity contribution >= 4 is 45.0 Å². The third kappa shape index (κ3) is 4.83. The van der Waals surface area contributed by atoms with Gasteiger partial charge >= 0.3 is 0 Å². The van der Waals surface area contributed by atoms with Crippen molar-refractivity contribution in [1.29, 1.82) is 0 Å². The minimum absolute atomic E-state index is 0.0751. The first-order valence-electron chi connectivity index (χ1n) is 11.1. The Bertz CT molecular complexity index is 1630. The highest BCUT2D eigenvalue weighted by atomic mass is 35.5. The number of ether oxygens (including phenoxy) is 3. The summed E-state index contributed by atoms with van der Waals surface area (Å²) in [6.07, 6.45) is 2.56. The van der Waals surface area contributed by atoms with E-state index in [1.165, 1.54) is 11.3 Å². The molecule has 0 aliphatic rings. The van der Waals surface area contributed by atoms with E-state index in [2.05, 4.69) is 4.98 Å². The zero-order valence-electron chi connectivity index (χ0n) is 19.3. The number of methoxy groups -OCH3 is 1. The topological polar surface area (TPSA) is 62.1 Å². The third-order valence-corrected chi connectivity index (χ3v) is 6.97. The number of nitrogens with zero attached hydrogens (tertiary/aromatic N) is 2. The van der Waals surface area contributed by atoms with Crippen molar-refractivity contribution in [3.05, 3.63) is 91.7 Å². The van der Waals surface area contributed by atoms with E-state index in [1.807, 2.05) is 73.7 Å². The van der Waals surface area contributed by atoms with Crippen LogP contribution in [0.4, 0.5) is 0 Å². The van der Waals surface area contributed by atoms with Crippen molar-refractivity contribution < 1.29 is 14.2 Å². The molecule has 5 aromatic rings. The highest BCUT2D eigenvalue weighted by Gasteiger charge is 2.11. The van der Waals surface area contributed by atoms with Crippen LogP contribution in [0.3, 0.4) is 0 Å². The lowest BCUT2D eigenvalue weighted by molar-refractivity contribution is 0.240. The Morgan fingerprint density at radius 1 is 1.03 bits per heavy atom. The molecule has 0 fully saturated rings. The van der Waals surface area contributed by atoms with E-state index in [9.17, 15) is 4.79 Å². The summed E-state index contributed by atoms with van der Waals surface area (Å²) in [5.74, 6) is 2.03. The van der Waals surface area contributed by atoms with Crippen LogP contribution in [-0.2, 0) is 0 Å². The van der Waals surface area contributed by atoms with Gasteiger partial charge in [-0.3, -0.25) is 4.79 Å². The molecule has 3 aromatic carbocycles. The van der Waals surface area contributed by atoms with E-state index >= 15 is 0 Å². The molecule has 2 aromatic heterocycles. The molecule has 8 heteroatoms. The molecule has 0 saturated heterocycles. The van der Waals surface area contributed by atoms with Gasteiger partial charge in [-0.05, 0) is 66.6 Å². The maximum atomic E-state index is 13.0. The van der Waals surface area contributed by atoms with Gasteiger partial charge < -0.3 is 14.2 Å². The van der Waals surface area contributed by atoms with Gasteiger partial charge in [0.05, 0.1) is 35.9 Å². The van der Waals surface area contributed by atoms with Crippen LogP contribution < -0.4 is 24.3 Å². The van der Waals surface area contributed by atoms with Gasteiger partial charge in [-0.25, -0.2) is 9.38 Å². The van der Waals surface area contributed by atoms with Crippen molar-refractivity contribution in [2.24, 2.45) is 0 Å². The number of para-hydroxylation sites is 2. The van der Waals surface area contributed by atoms with E-state index in [-0.39, 0.29) is 5.56 Å². The normalized spacial score (nSPS) is 11.9. The monoisotopic (exact) mass is 506 g/mol. The molecule has 0 atom stereocenters. The van der Waals surface area contributed by atoms with E-state index in [4.69, 9.17) is 25.8 Å². The van der Waals surface area contributed by atoms with Gasteiger partial charge in [0.25, 0.3) is 5.56 Å². The highest BCUT2D eigenvalue weighted by Crippen LogP contribution is 2.29. The van der Waals surface area contributed by atoms with Gasteiger partial charge in [0.15, 0.2) is 16.5 Å². The fraction of sp³-hybridized carbons (Fsp3) is 0.185. The quantitative estimate of drug-likeness (QED) is 0.268. The summed E-state index contributed by atoms with van der Waals surface area (Å²) in [6.45, 7) is 2.95. The zero-order chi connectivity index (χ0) is 24.4. The smallest absolute Gasteiger partial charge is 0.274 e. The van der Waals surface area contributed by atoms with Crippen molar-refractivity contribution in [3.63, 3.8) is 0 Å². The molecule has 0 N–H and O–H groups in total. The van der Waals surface area contributed by atoms with E-state index in [0.717, 1.165) is 32.9 Å². The summed E-state index contributed by atoms with van der Waals surface area (Å²) in [5.41, 5.74) is 3.39. The summed E-state index contributed by atoms with van der Waals surface area (Å²) in [5, 5.41) is 0.724. The summed E-state index contributed by atoms with van der Waals surface area (Å²) in [6, 6.07) is 18.9. The third-order valence-electron chi connectivity index (χ3n) is 5.57. The fourth-order valence-electron chi connectivity index (χ4n) is 3.79. The molecular formula is C27H23ClN2O4S. The number of fused-ring (bicyclic) bond motifs is 3. The van der Waals surface area contributed by atoms with Gasteiger partial charge in [-0.1, -0.05) is 41.1 Å². The Morgan fingerprint density at radius 2 is 1.86 bits per heavy atom. The van der Waals surface area contributed by atoms with Crippen LogP contribution in [-0.4, -0.2) is 29.7 Å². The Balaban J connectivity index is 1.27. The first-order valence-corrected chi connectivity index (χ1v) is 12.3. The number of halogens is 1. The zero-order valence-corrected chi connectivity index (χ0v) is 20.9. The van der Waals surface area contributed by atoms with Crippen molar-refractivity contribution in [1.82, 2.24) is 9.38 Å². The molecule has 0 amide bonds. The lowest BCUT2D eigenvalue weighted by Crippen LogP contribution is -2.22. The average molecular weight is 507 g/mol. The number of rotatable bonds is 8. The summed E-state index contributed by atoms with van der Waals surface area (Å²) < 4.78 is 19.5. The van der Waals surface area contributed by atoms with Gasteiger partial charge in [-0.2, -0.15) is 0 Å². The van der Waals surface area contributed by atoms with Crippen molar-refractivity contribution in [3.8, 4) is 17.2 Å². The summed E-state index contributed by atoms with van der Waals surface area (Å²) >= 11 is 7.42. The standard InChI is InChI=1S/C27H23ClN2O4S/c1-17-14-19(9-10-20(17)28)33-12-5-13-34-23-11-8-18(15-24(23)32-2)16-25-26(31)30-22-7-4-3-6-21(22)29-27(30)35-25/h3-4,6-11,14-16H,5,12-13H2,1-2H3. The second-order valence-electron chi connectivity index (χ2n) is 8.01. The number of thiazole rings is 1. The maximum absolute atomic E-state index is 13.0. The first-order chi connectivity index (χ1) is 17.0. The van der Waals surface area contributed by atoms with Crippen LogP contribution in [0.2, 0.25) is 5.02 Å². The van der Waals surface area contributed by atoms with Gasteiger partial charge in [0.2, 0.25) is 0 Å². The molecule has 0 spiro atoms. The van der Waals surface area contributed by atoms with Crippen LogP contribution in [0, 0.1) is 6.92 Å². The number of hydrogen-bond acceptors (Lipinski definition) is 6. The van der Waals surface area contributed by atoms with Crippen LogP contribution in [0.25, 0.3) is 22.1 Å². The van der Waals surface area contributed by atoms with E-state index < -0.39 is 0 Å². The van der Waals surface area contributed by atoms with E-state index in [1.54, 1.807) is 11.5 Å². The molecule has 0 bridgehead atoms. The van der Waals surface area contributed by atoms with Gasteiger partial charge in [0.1, 0.15) is 5.75 Å². The minimum atomic E-state index is -0.0751. The van der Waals surface area contributed by atoms with Gasteiger partial charge in [-0.15, -0.1) is 0 Å². The maximum Gasteiger partial charge on any atom is 0.274 e. The minimum Gasteiger partial charge on any atom is -0.493 e. The Labute approximate surface area is 211 Å². The molecule has 0 unspecified atom stereocenters. The highest BCUT2D eigenvalue weighted by molar-refractivity contribution is 7.15. The molecule has 0 saturated carbocycles. The van der Waals surface area contributed by atoms with Gasteiger partial charge in [0, 0.05) is 11.4 Å². The van der Waals surface area contributed by atoms with Crippen LogP contribution in [0.1, 0.15) is 17.5 Å². The van der Waals surface area contributed by atoms with Crippen LogP contribution in [0.5, 0.6) is 17.2 Å². The van der Waals surface area contributed by atoms with Crippen molar-refractivity contribution in [2.75, 3.05) is 20.3 Å². The number of aryl methyl sites for hydroxylation is 1. The Hall–Kier alpha value is -3.55. The van der Waals surface area contributed by atoms with Crippen LogP contribution >= 0.6 is 22.9 Å². The lowest BCUT2D eigenvalue weighted by Gasteiger charge is -2.12. The Morgan fingerprint density at radius 3 is 2.69 bits per heavy atom. The molecule has 5 rings (SSSR count).